The fraction of sp³-hybridized carbons (Fsp3) is 0.818. The first-order valence-electron chi connectivity index (χ1n) is 5.88. The lowest BCUT2D eigenvalue weighted by atomic mass is 10.0. The smallest absolute Gasteiger partial charge is 0.320 e. The van der Waals surface area contributed by atoms with Crippen LogP contribution in [0.15, 0.2) is 0 Å². The minimum atomic E-state index is -0.795. The van der Waals surface area contributed by atoms with Crippen molar-refractivity contribution in [3.8, 4) is 0 Å². The third-order valence-electron chi connectivity index (χ3n) is 3.64. The number of aliphatic carboxylic acids is 1. The number of rotatable bonds is 2. The average molecular weight is 226 g/mol. The first-order valence-corrected chi connectivity index (χ1v) is 5.88. The lowest BCUT2D eigenvalue weighted by molar-refractivity contribution is -0.146. The molecular formula is C11H18N2O3. The summed E-state index contributed by atoms with van der Waals surface area (Å²) in [5, 5.41) is 8.73. The van der Waals surface area contributed by atoms with Crippen molar-refractivity contribution in [3.63, 3.8) is 0 Å². The molecule has 0 radical (unpaired) electrons. The molecule has 2 heterocycles. The second-order valence-corrected chi connectivity index (χ2v) is 4.73. The molecule has 16 heavy (non-hydrogen) atoms. The van der Waals surface area contributed by atoms with Crippen molar-refractivity contribution in [1.29, 1.82) is 0 Å². The molecule has 0 aromatic carbocycles. The van der Waals surface area contributed by atoms with Crippen molar-refractivity contribution in [3.05, 3.63) is 0 Å². The Kier molecular flexibility index (Phi) is 3.03. The molecule has 5 nitrogen and oxygen atoms in total. The van der Waals surface area contributed by atoms with Crippen molar-refractivity contribution >= 4 is 12.0 Å². The zero-order valence-corrected chi connectivity index (χ0v) is 9.56. The van der Waals surface area contributed by atoms with E-state index in [4.69, 9.17) is 5.11 Å². The number of urea groups is 1. The molecule has 90 valence electrons. The van der Waals surface area contributed by atoms with Crippen molar-refractivity contribution in [1.82, 2.24) is 9.80 Å². The molecule has 2 saturated heterocycles. The number of carbonyl (C=O) groups excluding carboxylic acids is 1. The molecule has 0 aromatic heterocycles. The average Bonchev–Trinajstić information content (AvgIpc) is 2.62. The summed E-state index contributed by atoms with van der Waals surface area (Å²) in [6.07, 6.45) is 2.19. The summed E-state index contributed by atoms with van der Waals surface area (Å²) >= 11 is 0. The van der Waals surface area contributed by atoms with Gasteiger partial charge in [-0.25, -0.2) is 4.79 Å². The molecule has 2 aliphatic rings. The fourth-order valence-electron chi connectivity index (χ4n) is 2.33. The number of hydrogen-bond acceptors (Lipinski definition) is 2. The van der Waals surface area contributed by atoms with Gasteiger partial charge in [0.1, 0.15) is 0 Å². The molecule has 0 spiro atoms. The molecule has 2 rings (SSSR count). The van der Waals surface area contributed by atoms with Crippen molar-refractivity contribution < 1.29 is 14.7 Å². The van der Waals surface area contributed by atoms with Crippen LogP contribution in [0.2, 0.25) is 0 Å². The standard InChI is InChI=1S/C11H18N2O3/c1-2-8-3-4-12(5-8)11(16)13-6-9(7-13)10(14)15/h8-9H,2-7H2,1H3,(H,14,15). The number of likely N-dealkylation sites (tertiary alicyclic amines) is 2. The van der Waals surface area contributed by atoms with Crippen molar-refractivity contribution in [2.45, 2.75) is 19.8 Å². The Morgan fingerprint density at radius 3 is 2.44 bits per heavy atom. The molecule has 1 atom stereocenters. The first-order chi connectivity index (χ1) is 7.61. The summed E-state index contributed by atoms with van der Waals surface area (Å²) in [5.41, 5.74) is 0. The van der Waals surface area contributed by atoms with Gasteiger partial charge in [0.05, 0.1) is 5.92 Å². The second-order valence-electron chi connectivity index (χ2n) is 4.73. The molecule has 0 aromatic rings. The van der Waals surface area contributed by atoms with Crippen LogP contribution in [0.5, 0.6) is 0 Å². The van der Waals surface area contributed by atoms with Crippen LogP contribution in [0.25, 0.3) is 0 Å². The third-order valence-corrected chi connectivity index (χ3v) is 3.64. The van der Waals surface area contributed by atoms with Crippen LogP contribution < -0.4 is 0 Å². The van der Waals surface area contributed by atoms with E-state index in [9.17, 15) is 9.59 Å². The van der Waals surface area contributed by atoms with E-state index >= 15 is 0 Å². The second kappa shape index (κ2) is 4.31. The molecular weight excluding hydrogens is 208 g/mol. The van der Waals surface area contributed by atoms with Crippen molar-refractivity contribution in [2.24, 2.45) is 11.8 Å². The van der Waals surface area contributed by atoms with Crippen LogP contribution in [-0.2, 0) is 4.79 Å². The first kappa shape index (κ1) is 11.2. The van der Waals surface area contributed by atoms with Crippen molar-refractivity contribution in [2.75, 3.05) is 26.2 Å². The van der Waals surface area contributed by atoms with E-state index in [1.54, 1.807) is 4.90 Å². The van der Waals surface area contributed by atoms with E-state index in [0.717, 1.165) is 25.9 Å². The van der Waals surface area contributed by atoms with Crippen LogP contribution in [0.4, 0.5) is 4.79 Å². The fourth-order valence-corrected chi connectivity index (χ4v) is 2.33. The van der Waals surface area contributed by atoms with Crippen LogP contribution in [-0.4, -0.2) is 53.1 Å². The molecule has 5 heteroatoms. The van der Waals surface area contributed by atoms with Gasteiger partial charge in [-0.15, -0.1) is 0 Å². The maximum atomic E-state index is 11.9. The molecule has 2 fully saturated rings. The van der Waals surface area contributed by atoms with E-state index in [1.807, 2.05) is 4.90 Å². The molecule has 0 aliphatic carbocycles. The van der Waals surface area contributed by atoms with E-state index in [2.05, 4.69) is 6.92 Å². The Balaban J connectivity index is 1.80. The zero-order valence-electron chi connectivity index (χ0n) is 9.56. The number of amides is 2. The predicted molar refractivity (Wildman–Crippen MR) is 58.1 cm³/mol. The van der Waals surface area contributed by atoms with Gasteiger partial charge in [-0.3, -0.25) is 4.79 Å². The van der Waals surface area contributed by atoms with Gasteiger partial charge in [0.25, 0.3) is 0 Å². The molecule has 0 saturated carbocycles. The van der Waals surface area contributed by atoms with Gasteiger partial charge >= 0.3 is 12.0 Å². The Labute approximate surface area is 95.0 Å². The van der Waals surface area contributed by atoms with Crippen LogP contribution >= 0.6 is 0 Å². The van der Waals surface area contributed by atoms with E-state index in [-0.39, 0.29) is 11.9 Å². The van der Waals surface area contributed by atoms with E-state index < -0.39 is 5.97 Å². The molecule has 1 unspecified atom stereocenters. The molecule has 0 bridgehead atoms. The van der Waals surface area contributed by atoms with Gasteiger partial charge in [0.15, 0.2) is 0 Å². The van der Waals surface area contributed by atoms with Crippen LogP contribution in [0, 0.1) is 11.8 Å². The Bertz CT molecular complexity index is 300. The minimum Gasteiger partial charge on any atom is -0.481 e. The number of carbonyl (C=O) groups is 2. The lowest BCUT2D eigenvalue weighted by Crippen LogP contribution is -2.56. The van der Waals surface area contributed by atoms with E-state index in [0.29, 0.717) is 19.0 Å². The monoisotopic (exact) mass is 226 g/mol. The SMILES string of the molecule is CCC1CCN(C(=O)N2CC(C(=O)O)C2)C1. The van der Waals surface area contributed by atoms with Crippen LogP contribution in [0.1, 0.15) is 19.8 Å². The number of hydrogen-bond donors (Lipinski definition) is 1. The number of carboxylic acid groups (broad SMARTS) is 1. The number of carboxylic acids is 1. The highest BCUT2D eigenvalue weighted by Gasteiger charge is 2.38. The number of nitrogens with zero attached hydrogens (tertiary/aromatic N) is 2. The van der Waals surface area contributed by atoms with Gasteiger partial charge in [-0.1, -0.05) is 13.3 Å². The Morgan fingerprint density at radius 1 is 1.25 bits per heavy atom. The summed E-state index contributed by atoms with van der Waals surface area (Å²) in [7, 11) is 0. The maximum absolute atomic E-state index is 11.9. The van der Waals surface area contributed by atoms with Gasteiger partial charge in [-0.05, 0) is 12.3 Å². The molecule has 2 aliphatic heterocycles. The zero-order chi connectivity index (χ0) is 11.7. The quantitative estimate of drug-likeness (QED) is 0.759. The normalized spacial score (nSPS) is 25.7. The topological polar surface area (TPSA) is 60.9 Å². The predicted octanol–water partition coefficient (Wildman–Crippen LogP) is 0.855. The summed E-state index contributed by atoms with van der Waals surface area (Å²) in [4.78, 5) is 26.0. The summed E-state index contributed by atoms with van der Waals surface area (Å²) in [6, 6.07) is 0.0217. The maximum Gasteiger partial charge on any atom is 0.320 e. The van der Waals surface area contributed by atoms with Gasteiger partial charge in [0.2, 0.25) is 0 Å². The van der Waals surface area contributed by atoms with Gasteiger partial charge in [0, 0.05) is 26.2 Å². The van der Waals surface area contributed by atoms with Gasteiger partial charge < -0.3 is 14.9 Å². The molecule has 2 amide bonds. The lowest BCUT2D eigenvalue weighted by Gasteiger charge is -2.39. The summed E-state index contributed by atoms with van der Waals surface area (Å²) in [5.74, 6) is -0.522. The summed E-state index contributed by atoms with van der Waals surface area (Å²) in [6.45, 7) is 4.56. The minimum absolute atomic E-state index is 0.0217. The Hall–Kier alpha value is -1.26. The third kappa shape index (κ3) is 1.99. The highest BCUT2D eigenvalue weighted by atomic mass is 16.4. The molecule has 1 N–H and O–H groups in total. The highest BCUT2D eigenvalue weighted by Crippen LogP contribution is 2.23. The Morgan fingerprint density at radius 2 is 1.94 bits per heavy atom. The largest absolute Gasteiger partial charge is 0.481 e. The van der Waals surface area contributed by atoms with Gasteiger partial charge in [-0.2, -0.15) is 0 Å². The van der Waals surface area contributed by atoms with Crippen LogP contribution in [0.3, 0.4) is 0 Å². The van der Waals surface area contributed by atoms with E-state index in [1.165, 1.54) is 0 Å². The summed E-state index contributed by atoms with van der Waals surface area (Å²) < 4.78 is 0. The highest BCUT2D eigenvalue weighted by molar-refractivity contribution is 5.80.